The largest absolute Gasteiger partial charge is 0.497 e. The van der Waals surface area contributed by atoms with E-state index in [1.54, 1.807) is 0 Å². The minimum atomic E-state index is -4.43. The van der Waals surface area contributed by atoms with Crippen LogP contribution in [0.4, 0.5) is 3.89 Å². The van der Waals surface area contributed by atoms with E-state index in [2.05, 4.69) is 0 Å². The van der Waals surface area contributed by atoms with Crippen molar-refractivity contribution in [3.63, 3.8) is 0 Å². The second kappa shape index (κ2) is 5.13. The Morgan fingerprint density at radius 2 is 2.17 bits per heavy atom. The van der Waals surface area contributed by atoms with Gasteiger partial charge in [0.15, 0.2) is 0 Å². The molecule has 0 aliphatic carbocycles. The fourth-order valence-corrected chi connectivity index (χ4v) is 0.873. The predicted molar refractivity (Wildman–Crippen MR) is 43.6 cm³/mol. The molecule has 0 spiro atoms. The number of hydrogen-bond donors (Lipinski definition) is 0. The normalized spacial score (nSPS) is 11.2. The number of hydrogen-bond acceptors (Lipinski definition) is 3. The Labute approximate surface area is 72.4 Å². The highest BCUT2D eigenvalue weighted by molar-refractivity contribution is 7.86. The minimum absolute atomic E-state index is 0.218. The minimum Gasteiger partial charge on any atom is -0.497 e. The van der Waals surface area contributed by atoms with Crippen molar-refractivity contribution in [2.45, 2.75) is 19.8 Å². The molecule has 1 radical (unpaired) electrons. The fourth-order valence-electron chi connectivity index (χ4n) is 0.591. The number of ether oxygens (including phenoxy) is 1. The first-order chi connectivity index (χ1) is 5.45. The molecule has 0 rings (SSSR count). The molecule has 0 unspecified atom stereocenters. The van der Waals surface area contributed by atoms with Crippen LogP contribution in [0.15, 0.2) is 5.76 Å². The van der Waals surface area contributed by atoms with Gasteiger partial charge in [0.25, 0.3) is 0 Å². The third-order valence-corrected chi connectivity index (χ3v) is 1.77. The summed E-state index contributed by atoms with van der Waals surface area (Å²) in [6.45, 7) is 6.98. The van der Waals surface area contributed by atoms with Crippen molar-refractivity contribution >= 4 is 10.2 Å². The number of allylic oxidation sites excluding steroid dienone is 1. The summed E-state index contributed by atoms with van der Waals surface area (Å²) >= 11 is 0. The van der Waals surface area contributed by atoms with Crippen molar-refractivity contribution in [1.82, 2.24) is 0 Å². The molecule has 0 saturated carbocycles. The van der Waals surface area contributed by atoms with Crippen LogP contribution in [0.1, 0.15) is 19.8 Å². The summed E-state index contributed by atoms with van der Waals surface area (Å²) in [6.07, 6.45) is 1.38. The summed E-state index contributed by atoms with van der Waals surface area (Å²) in [4.78, 5) is 0. The maximum absolute atomic E-state index is 11.9. The van der Waals surface area contributed by atoms with Gasteiger partial charge in [-0.3, -0.25) is 0 Å². The Kier molecular flexibility index (Phi) is 4.89. The molecule has 0 aliphatic rings. The van der Waals surface area contributed by atoms with E-state index in [0.717, 1.165) is 6.42 Å². The van der Waals surface area contributed by atoms with Crippen molar-refractivity contribution in [3.05, 3.63) is 12.3 Å². The van der Waals surface area contributed by atoms with Crippen molar-refractivity contribution < 1.29 is 17.0 Å². The van der Waals surface area contributed by atoms with Crippen LogP contribution in [-0.2, 0) is 15.0 Å². The first-order valence-corrected chi connectivity index (χ1v) is 5.17. The van der Waals surface area contributed by atoms with Gasteiger partial charge in [0, 0.05) is 6.42 Å². The van der Waals surface area contributed by atoms with Crippen LogP contribution in [0, 0.1) is 6.58 Å². The molecule has 0 amide bonds. The van der Waals surface area contributed by atoms with E-state index in [4.69, 9.17) is 11.3 Å². The molecule has 71 valence electrons. The molecule has 0 atom stereocenters. The average Bonchev–Trinajstić information content (AvgIpc) is 1.84. The lowest BCUT2D eigenvalue weighted by Gasteiger charge is -2.05. The second-order valence-electron chi connectivity index (χ2n) is 2.31. The highest BCUT2D eigenvalue weighted by Gasteiger charge is 2.06. The van der Waals surface area contributed by atoms with Crippen molar-refractivity contribution in [2.24, 2.45) is 0 Å². The predicted octanol–water partition coefficient (Wildman–Crippen LogP) is 1.42. The quantitative estimate of drug-likeness (QED) is 0.475. The van der Waals surface area contributed by atoms with Crippen LogP contribution < -0.4 is 0 Å². The van der Waals surface area contributed by atoms with E-state index in [9.17, 15) is 12.3 Å². The molecule has 0 aromatic carbocycles. The molecule has 0 saturated heterocycles. The Balaban J connectivity index is 3.51. The van der Waals surface area contributed by atoms with Crippen molar-refractivity contribution in [2.75, 3.05) is 12.4 Å². The van der Waals surface area contributed by atoms with E-state index in [-0.39, 0.29) is 12.4 Å². The van der Waals surface area contributed by atoms with Gasteiger partial charge < -0.3 is 4.74 Å². The van der Waals surface area contributed by atoms with Crippen molar-refractivity contribution in [1.29, 1.82) is 0 Å². The molecule has 3 nitrogen and oxygen atoms in total. The van der Waals surface area contributed by atoms with Crippen LogP contribution in [0.2, 0.25) is 0 Å². The Morgan fingerprint density at radius 1 is 1.58 bits per heavy atom. The standard InChI is InChI=1S/C7H12FO3S/c1-3-4-7(2)11-5-6-12(8,9)10/h2H,3-6H2,1H3. The molecule has 0 fully saturated rings. The molecule has 0 bridgehead atoms. The zero-order valence-electron chi connectivity index (χ0n) is 6.92. The van der Waals surface area contributed by atoms with Gasteiger partial charge in [-0.2, -0.15) is 8.42 Å². The summed E-state index contributed by atoms with van der Waals surface area (Å²) in [5.74, 6) is -0.390. The van der Waals surface area contributed by atoms with Crippen LogP contribution in [0.3, 0.4) is 0 Å². The van der Waals surface area contributed by atoms with Gasteiger partial charge >= 0.3 is 10.2 Å². The second-order valence-corrected chi connectivity index (χ2v) is 3.79. The maximum atomic E-state index is 11.9. The molecule has 12 heavy (non-hydrogen) atoms. The highest BCUT2D eigenvalue weighted by atomic mass is 32.3. The van der Waals surface area contributed by atoms with E-state index < -0.39 is 16.0 Å². The van der Waals surface area contributed by atoms with Gasteiger partial charge in [0.1, 0.15) is 12.4 Å². The third-order valence-electron chi connectivity index (χ3n) is 1.11. The molecular formula is C7H12FO3S. The summed E-state index contributed by atoms with van der Waals surface area (Å²) in [7, 11) is -4.43. The van der Waals surface area contributed by atoms with Gasteiger partial charge in [-0.05, 0) is 13.0 Å². The van der Waals surface area contributed by atoms with Gasteiger partial charge in [-0.25, -0.2) is 0 Å². The number of rotatable bonds is 6. The first kappa shape index (κ1) is 11.4. The molecule has 5 heteroatoms. The lowest BCUT2D eigenvalue weighted by Crippen LogP contribution is -2.06. The Morgan fingerprint density at radius 3 is 2.58 bits per heavy atom. The zero-order chi connectivity index (χ0) is 9.61. The Bertz CT molecular complexity index is 233. The first-order valence-electron chi connectivity index (χ1n) is 3.62. The van der Waals surface area contributed by atoms with Crippen LogP contribution in [0.5, 0.6) is 0 Å². The van der Waals surface area contributed by atoms with Gasteiger partial charge in [0.2, 0.25) is 0 Å². The summed E-state index contributed by atoms with van der Waals surface area (Å²) < 4.78 is 36.5. The third kappa shape index (κ3) is 7.53. The van der Waals surface area contributed by atoms with Gasteiger partial charge in [-0.15, -0.1) is 3.89 Å². The van der Waals surface area contributed by atoms with E-state index in [1.165, 1.54) is 0 Å². The molecule has 0 aromatic rings. The fraction of sp³-hybridized carbons (Fsp3) is 0.714. The topological polar surface area (TPSA) is 43.4 Å². The molecule has 0 N–H and O–H groups in total. The maximum Gasteiger partial charge on any atom is 0.305 e. The molecule has 0 aromatic heterocycles. The molecule has 0 heterocycles. The summed E-state index contributed by atoms with van der Waals surface area (Å²) in [6, 6.07) is 0. The Hall–Kier alpha value is -0.580. The lowest BCUT2D eigenvalue weighted by molar-refractivity contribution is 0.219. The number of halogens is 1. The zero-order valence-corrected chi connectivity index (χ0v) is 7.73. The SMILES string of the molecule is [CH]=C(CCC)OCCS(=O)(=O)F. The molecule has 0 aliphatic heterocycles. The van der Waals surface area contributed by atoms with Crippen molar-refractivity contribution in [3.8, 4) is 0 Å². The van der Waals surface area contributed by atoms with Gasteiger partial charge in [0.05, 0.1) is 5.76 Å². The summed E-state index contributed by atoms with van der Waals surface area (Å²) in [5.41, 5.74) is 0. The van der Waals surface area contributed by atoms with Crippen LogP contribution >= 0.6 is 0 Å². The molecular weight excluding hydrogens is 183 g/mol. The summed E-state index contributed by atoms with van der Waals surface area (Å²) in [5, 5.41) is 0. The average molecular weight is 195 g/mol. The van der Waals surface area contributed by atoms with E-state index in [1.807, 2.05) is 6.92 Å². The van der Waals surface area contributed by atoms with Gasteiger partial charge in [-0.1, -0.05) is 6.92 Å². The van der Waals surface area contributed by atoms with Crippen LogP contribution in [0.25, 0.3) is 0 Å². The smallest absolute Gasteiger partial charge is 0.305 e. The van der Waals surface area contributed by atoms with E-state index in [0.29, 0.717) is 6.42 Å². The van der Waals surface area contributed by atoms with E-state index >= 15 is 0 Å². The monoisotopic (exact) mass is 195 g/mol. The van der Waals surface area contributed by atoms with Crippen LogP contribution in [-0.4, -0.2) is 20.8 Å². The highest BCUT2D eigenvalue weighted by Crippen LogP contribution is 2.03. The lowest BCUT2D eigenvalue weighted by atomic mass is 10.3.